The largest absolute Gasteiger partial charge is 0.460 e. The molecule has 3 unspecified atom stereocenters. The molecule has 1 fully saturated rings. The second-order valence-electron chi connectivity index (χ2n) is 8.64. The van der Waals surface area contributed by atoms with E-state index in [9.17, 15) is 9.59 Å². The van der Waals surface area contributed by atoms with Gasteiger partial charge >= 0.3 is 5.97 Å². The molecule has 0 amide bonds. The first-order chi connectivity index (χ1) is 12.1. The predicted molar refractivity (Wildman–Crippen MR) is 103 cm³/mol. The van der Waals surface area contributed by atoms with Gasteiger partial charge < -0.3 is 9.47 Å². The normalized spacial score (nSPS) is 33.6. The summed E-state index contributed by atoms with van der Waals surface area (Å²) >= 11 is 0. The average molecular weight is 363 g/mol. The Kier molecular flexibility index (Phi) is 6.49. The minimum atomic E-state index is -0.537. The maximum atomic E-state index is 13.0. The van der Waals surface area contributed by atoms with Crippen molar-refractivity contribution in [1.82, 2.24) is 0 Å². The number of rotatable bonds is 1. The SMILES string of the molecule is CC(=O)OC1(C)CCCC(C)=CCCC2(C)OC2C(=O)C(=C(C)C)CC1. The summed E-state index contributed by atoms with van der Waals surface area (Å²) in [7, 11) is 0. The van der Waals surface area contributed by atoms with E-state index in [0.717, 1.165) is 43.3 Å². The van der Waals surface area contributed by atoms with Gasteiger partial charge in [0.25, 0.3) is 0 Å². The zero-order chi connectivity index (χ0) is 19.5. The third-order valence-corrected chi connectivity index (χ3v) is 5.73. The number of hydrogen-bond acceptors (Lipinski definition) is 4. The Labute approximate surface area is 158 Å². The van der Waals surface area contributed by atoms with Crippen LogP contribution in [0.25, 0.3) is 0 Å². The van der Waals surface area contributed by atoms with Crippen molar-refractivity contribution in [2.24, 2.45) is 0 Å². The van der Waals surface area contributed by atoms with Crippen LogP contribution in [-0.4, -0.2) is 29.1 Å². The van der Waals surface area contributed by atoms with Crippen LogP contribution in [0.2, 0.25) is 0 Å². The monoisotopic (exact) mass is 362 g/mol. The molecule has 26 heavy (non-hydrogen) atoms. The zero-order valence-electron chi connectivity index (χ0n) is 17.2. The highest BCUT2D eigenvalue weighted by Gasteiger charge is 2.56. The van der Waals surface area contributed by atoms with Crippen LogP contribution in [0.1, 0.15) is 86.5 Å². The van der Waals surface area contributed by atoms with E-state index >= 15 is 0 Å². The molecule has 0 spiro atoms. The van der Waals surface area contributed by atoms with E-state index in [0.29, 0.717) is 12.8 Å². The van der Waals surface area contributed by atoms with Gasteiger partial charge in [-0.25, -0.2) is 0 Å². The fourth-order valence-electron chi connectivity index (χ4n) is 3.95. The number of esters is 1. The molecule has 1 saturated heterocycles. The van der Waals surface area contributed by atoms with Crippen molar-refractivity contribution in [3.05, 3.63) is 22.8 Å². The van der Waals surface area contributed by atoms with Crippen LogP contribution in [-0.2, 0) is 19.1 Å². The molecule has 4 heteroatoms. The van der Waals surface area contributed by atoms with Gasteiger partial charge in [0.15, 0.2) is 5.78 Å². The summed E-state index contributed by atoms with van der Waals surface area (Å²) in [5, 5.41) is 0. The Morgan fingerprint density at radius 3 is 2.46 bits per heavy atom. The second-order valence-corrected chi connectivity index (χ2v) is 8.64. The quantitative estimate of drug-likeness (QED) is 0.283. The van der Waals surface area contributed by atoms with Crippen LogP contribution in [0.5, 0.6) is 0 Å². The maximum absolute atomic E-state index is 13.0. The lowest BCUT2D eigenvalue weighted by Gasteiger charge is -2.30. The molecule has 0 aromatic carbocycles. The Balaban J connectivity index is 2.25. The molecule has 4 nitrogen and oxygen atoms in total. The topological polar surface area (TPSA) is 55.9 Å². The predicted octanol–water partition coefficient (Wildman–Crippen LogP) is 5.06. The number of allylic oxidation sites excluding steroid dienone is 3. The van der Waals surface area contributed by atoms with Gasteiger partial charge in [0.2, 0.25) is 0 Å². The number of hydrogen-bond donors (Lipinski definition) is 0. The van der Waals surface area contributed by atoms with E-state index in [4.69, 9.17) is 9.47 Å². The Bertz CT molecular complexity index is 626. The zero-order valence-corrected chi connectivity index (χ0v) is 17.2. The fourth-order valence-corrected chi connectivity index (χ4v) is 3.95. The first-order valence-electron chi connectivity index (χ1n) is 9.80. The molecule has 2 aliphatic rings. The van der Waals surface area contributed by atoms with Crippen molar-refractivity contribution in [2.75, 3.05) is 0 Å². The van der Waals surface area contributed by atoms with Crippen LogP contribution < -0.4 is 0 Å². The van der Waals surface area contributed by atoms with Crippen LogP contribution >= 0.6 is 0 Å². The first kappa shape index (κ1) is 20.9. The highest BCUT2D eigenvalue weighted by atomic mass is 16.6. The van der Waals surface area contributed by atoms with Gasteiger partial charge in [-0.1, -0.05) is 17.2 Å². The van der Waals surface area contributed by atoms with Crippen molar-refractivity contribution in [1.29, 1.82) is 0 Å². The average Bonchev–Trinajstić information content (AvgIpc) is 3.17. The maximum Gasteiger partial charge on any atom is 0.303 e. The van der Waals surface area contributed by atoms with Gasteiger partial charge in [0, 0.05) is 6.92 Å². The van der Waals surface area contributed by atoms with Gasteiger partial charge in [-0.2, -0.15) is 0 Å². The minimum absolute atomic E-state index is 0.107. The van der Waals surface area contributed by atoms with Gasteiger partial charge in [-0.3, -0.25) is 9.59 Å². The molecule has 1 aliphatic carbocycles. The summed E-state index contributed by atoms with van der Waals surface area (Å²) in [5.74, 6) is -0.153. The minimum Gasteiger partial charge on any atom is -0.460 e. The lowest BCUT2D eigenvalue weighted by Crippen LogP contribution is -2.32. The summed E-state index contributed by atoms with van der Waals surface area (Å²) in [6.07, 6.45) is 7.79. The van der Waals surface area contributed by atoms with Gasteiger partial charge in [0.05, 0.1) is 0 Å². The van der Waals surface area contributed by atoms with Crippen molar-refractivity contribution < 1.29 is 19.1 Å². The Morgan fingerprint density at radius 1 is 1.15 bits per heavy atom. The van der Waals surface area contributed by atoms with E-state index in [2.05, 4.69) is 13.0 Å². The highest BCUT2D eigenvalue weighted by Crippen LogP contribution is 2.43. The molecule has 0 bridgehead atoms. The van der Waals surface area contributed by atoms with E-state index in [1.165, 1.54) is 12.5 Å². The van der Waals surface area contributed by atoms with E-state index in [-0.39, 0.29) is 23.5 Å². The molecular formula is C22H34O4. The van der Waals surface area contributed by atoms with Crippen molar-refractivity contribution in [3.63, 3.8) is 0 Å². The molecule has 0 aromatic rings. The van der Waals surface area contributed by atoms with Crippen LogP contribution in [0.3, 0.4) is 0 Å². The molecule has 146 valence electrons. The van der Waals surface area contributed by atoms with Gasteiger partial charge in [0.1, 0.15) is 17.3 Å². The van der Waals surface area contributed by atoms with Gasteiger partial charge in [-0.15, -0.1) is 0 Å². The second kappa shape index (κ2) is 8.08. The summed E-state index contributed by atoms with van der Waals surface area (Å²) in [5.41, 5.74) is 2.34. The summed E-state index contributed by atoms with van der Waals surface area (Å²) < 4.78 is 11.5. The van der Waals surface area contributed by atoms with Crippen LogP contribution in [0.4, 0.5) is 0 Å². The number of ether oxygens (including phenoxy) is 2. The Morgan fingerprint density at radius 2 is 1.85 bits per heavy atom. The molecule has 0 saturated carbocycles. The summed E-state index contributed by atoms with van der Waals surface area (Å²) in [4.78, 5) is 24.6. The summed E-state index contributed by atoms with van der Waals surface area (Å²) in [6, 6.07) is 0. The Hall–Kier alpha value is -1.42. The smallest absolute Gasteiger partial charge is 0.303 e. The number of Topliss-reactive ketones (excluding diaryl/α,β-unsaturated/α-hetero) is 1. The highest BCUT2D eigenvalue weighted by molar-refractivity contribution is 6.01. The van der Waals surface area contributed by atoms with Gasteiger partial charge in [-0.05, 0) is 85.1 Å². The molecular weight excluding hydrogens is 328 g/mol. The molecule has 1 heterocycles. The lowest BCUT2D eigenvalue weighted by atomic mass is 9.85. The molecule has 0 N–H and O–H groups in total. The molecule has 0 aromatic heterocycles. The number of fused-ring (bicyclic) bond motifs is 1. The van der Waals surface area contributed by atoms with E-state index in [1.54, 1.807) is 0 Å². The standard InChI is InChI=1S/C22H34O4/c1-15(2)18-11-14-21(5,25-17(4)23)12-7-9-16(3)10-8-13-22(6)20(26-22)19(18)24/h10,20H,7-9,11-14H2,1-6H3. The molecule has 0 radical (unpaired) electrons. The third-order valence-electron chi connectivity index (χ3n) is 5.73. The summed E-state index contributed by atoms with van der Waals surface area (Å²) in [6.45, 7) is 11.6. The van der Waals surface area contributed by atoms with Crippen LogP contribution in [0, 0.1) is 0 Å². The van der Waals surface area contributed by atoms with E-state index in [1.807, 2.05) is 27.7 Å². The van der Waals surface area contributed by atoms with Crippen molar-refractivity contribution in [3.8, 4) is 0 Å². The van der Waals surface area contributed by atoms with Crippen LogP contribution in [0.15, 0.2) is 22.8 Å². The fraction of sp³-hybridized carbons (Fsp3) is 0.727. The molecule has 2 rings (SSSR count). The number of epoxide rings is 1. The van der Waals surface area contributed by atoms with Crippen molar-refractivity contribution >= 4 is 11.8 Å². The van der Waals surface area contributed by atoms with E-state index < -0.39 is 5.60 Å². The number of ketones is 1. The van der Waals surface area contributed by atoms with Crippen molar-refractivity contribution in [2.45, 2.75) is 104 Å². The lowest BCUT2D eigenvalue weighted by molar-refractivity contribution is -0.156. The molecule has 3 atom stereocenters. The first-order valence-corrected chi connectivity index (χ1v) is 9.80. The molecule has 1 aliphatic heterocycles. The number of carbonyl (C=O) groups excluding carboxylic acids is 2. The third kappa shape index (κ3) is 5.29. The number of carbonyl (C=O) groups is 2.